The van der Waals surface area contributed by atoms with Crippen LogP contribution in [0.15, 0.2) is 130 Å². The minimum absolute atomic E-state index is 0.00347. The van der Waals surface area contributed by atoms with Crippen molar-refractivity contribution in [3.63, 3.8) is 0 Å². The number of nitrogens with zero attached hydrogens (tertiary/aromatic N) is 13. The summed E-state index contributed by atoms with van der Waals surface area (Å²) in [7, 11) is 0. The molecule has 0 aromatic carbocycles. The number of pyridine rings is 2. The summed E-state index contributed by atoms with van der Waals surface area (Å²) in [5.41, 5.74) is 11.2. The predicted molar refractivity (Wildman–Crippen MR) is 477 cm³/mol. The van der Waals surface area contributed by atoms with E-state index in [0.29, 0.717) is 45.3 Å². The average Bonchev–Trinajstić information content (AvgIpc) is 1.77. The molecule has 0 atom stereocenters. The van der Waals surface area contributed by atoms with Gasteiger partial charge in [-0.05, 0) is 297 Å². The Bertz CT molecular complexity index is 3080. The van der Waals surface area contributed by atoms with Gasteiger partial charge in [-0.3, -0.25) is 29.3 Å². The van der Waals surface area contributed by atoms with Crippen LogP contribution in [0.5, 0.6) is 0 Å². The zero-order valence-electron chi connectivity index (χ0n) is 76.3. The van der Waals surface area contributed by atoms with Crippen molar-refractivity contribution >= 4 is 22.7 Å². The Labute approximate surface area is 682 Å². The maximum absolute atomic E-state index is 5.09. The van der Waals surface area contributed by atoms with Crippen LogP contribution in [0.3, 0.4) is 0 Å². The molecule has 7 aromatic rings. The molecule has 0 unspecified atom stereocenters. The van der Waals surface area contributed by atoms with E-state index in [9.17, 15) is 0 Å². The first-order valence-electron chi connectivity index (χ1n) is 41.3. The van der Waals surface area contributed by atoms with Crippen molar-refractivity contribution in [3.05, 3.63) is 154 Å². The monoisotopic (exact) mass is 1560 g/mol. The molecule has 17 nitrogen and oxygen atoms in total. The molecule has 7 aromatic heterocycles. The number of aromatic nitrogens is 10. The van der Waals surface area contributed by atoms with Crippen molar-refractivity contribution in [1.29, 1.82) is 0 Å². The molecule has 0 aliphatic carbocycles. The molecule has 5 aliphatic rings. The van der Waals surface area contributed by atoms with Crippen LogP contribution in [-0.4, -0.2) is 160 Å². The first-order chi connectivity index (χ1) is 50.9. The topological polar surface area (TPSA) is 172 Å². The molecule has 3 N–H and O–H groups in total. The molecule has 5 aliphatic heterocycles. The third-order valence-corrected chi connectivity index (χ3v) is 20.5. The van der Waals surface area contributed by atoms with Crippen LogP contribution in [0.4, 0.5) is 0 Å². The van der Waals surface area contributed by atoms with E-state index >= 15 is 0 Å². The summed E-state index contributed by atoms with van der Waals surface area (Å²) in [5.74, 6) is 3.15. The number of tetrazole rings is 1. The quantitative estimate of drug-likeness (QED) is 0.143. The van der Waals surface area contributed by atoms with E-state index in [4.69, 9.17) is 4.42 Å². The maximum Gasteiger partial charge on any atom is 0.180 e. The number of thiophene rings is 1. The number of oxazole rings is 1. The fourth-order valence-electron chi connectivity index (χ4n) is 11.2. The largest absolute Gasteiger partial charge is 0.448 e. The number of piperidine rings is 1. The van der Waals surface area contributed by atoms with Gasteiger partial charge in [0.2, 0.25) is 0 Å². The zero-order chi connectivity index (χ0) is 83.6. The van der Waals surface area contributed by atoms with E-state index in [-0.39, 0.29) is 21.8 Å². The summed E-state index contributed by atoms with van der Waals surface area (Å²) in [4.78, 5) is 23.8. The van der Waals surface area contributed by atoms with Crippen molar-refractivity contribution in [1.82, 2.24) is 80.6 Å². The molecule has 12 rings (SSSR count). The van der Waals surface area contributed by atoms with Gasteiger partial charge in [0.05, 0.1) is 22.9 Å². The molecule has 0 saturated carbocycles. The van der Waals surface area contributed by atoms with Crippen LogP contribution in [-0.2, 0) is 21.8 Å². The summed E-state index contributed by atoms with van der Waals surface area (Å²) in [6.45, 7) is 87.5. The molecular weight excluding hydrogens is 1400 g/mol. The van der Waals surface area contributed by atoms with Crippen LogP contribution in [0.25, 0.3) is 0 Å². The predicted octanol–water partition coefficient (Wildman–Crippen LogP) is 22.2. The first-order valence-corrected chi connectivity index (χ1v) is 43.2. The minimum Gasteiger partial charge on any atom is -0.448 e. The molecule has 0 bridgehead atoms. The van der Waals surface area contributed by atoms with Crippen molar-refractivity contribution in [2.24, 2.45) is 16.7 Å². The molecular formula is C91H164N16OS2. The lowest BCUT2D eigenvalue weighted by Crippen LogP contribution is -2.49. The second-order valence-corrected chi connectivity index (χ2v) is 40.8. The highest BCUT2D eigenvalue weighted by Gasteiger charge is 2.28. The van der Waals surface area contributed by atoms with Crippen LogP contribution in [0.1, 0.15) is 320 Å². The Balaban J connectivity index is 0.000000601. The minimum atomic E-state index is 0.00347. The third-order valence-electron chi connectivity index (χ3n) is 19.2. The van der Waals surface area contributed by atoms with Gasteiger partial charge in [0.25, 0.3) is 0 Å². The maximum atomic E-state index is 5.09. The Morgan fingerprint density at radius 2 is 1.09 bits per heavy atom. The summed E-state index contributed by atoms with van der Waals surface area (Å²) in [6.07, 6.45) is 25.9. The van der Waals surface area contributed by atoms with Gasteiger partial charge < -0.3 is 20.4 Å². The summed E-state index contributed by atoms with van der Waals surface area (Å²) in [5, 5.41) is 31.3. The number of hydrogen-bond acceptors (Lipinski definition) is 17. The van der Waals surface area contributed by atoms with Crippen molar-refractivity contribution in [2.75, 3.05) is 78.5 Å². The fraction of sp³-hybridized carbons (Fsp3) is 0.714. The Morgan fingerprint density at radius 1 is 0.500 bits per heavy atom. The molecule has 0 amide bonds. The summed E-state index contributed by atoms with van der Waals surface area (Å²) in [6, 6.07) is 14.7. The highest BCUT2D eigenvalue weighted by atomic mass is 32.1. The van der Waals surface area contributed by atoms with E-state index in [0.717, 1.165) is 37.0 Å². The zero-order valence-corrected chi connectivity index (χ0v) is 78.0. The second kappa shape index (κ2) is 50.8. The van der Waals surface area contributed by atoms with Gasteiger partial charge in [-0.15, -0.1) is 16.4 Å². The standard InChI is InChI=1S/C9H20N2.C9H19N.C9H17N.2C9H13N.C8H17N.C7H11NO.C7H15N.C7H10S.C6H10N2.C6H9NS.C5H10N4/c1-9(2,3)11-7-4-5-10-6-8-11;2*1-9(2,3)8-4-6-10-7-5-8;1-9(2,3)8-5-4-6-10-7-8;1-9(2,3)8-6-4-5-7-10-8;1-8(2,3)9-6-4-5-7-9;1-7(2,3)6-4-8-5-9-6;1-7(2,3)8-5-4-6-8;1-6(2)7-3-4-8-5-7;1-6(2)8-5-3-4-7-8;1-5(2)6-3-8-4-7-6;1-5(2,3)9-4-6-7-8-9/h10H,4-8H2,1-3H3;8,10H,4-7H2,1-3H3;4,10H,5-7H2,1-3H3;2*4-7H,1-3H3;4-7H2,1-3H3;4-5H,1-3H3;4-6H2,1-3H3;2*3-6H,1-2H3;3-5H,1-2H3;4H,1-3H3. The van der Waals surface area contributed by atoms with Gasteiger partial charge in [-0.1, -0.05) is 155 Å². The first kappa shape index (κ1) is 103. The van der Waals surface area contributed by atoms with Gasteiger partial charge in [0.15, 0.2) is 6.39 Å². The van der Waals surface area contributed by atoms with E-state index in [2.05, 4.69) is 319 Å². The lowest BCUT2D eigenvalue weighted by atomic mass is 9.76. The van der Waals surface area contributed by atoms with Gasteiger partial charge in [-0.2, -0.15) is 16.4 Å². The molecule has 0 radical (unpaired) electrons. The highest BCUT2D eigenvalue weighted by molar-refractivity contribution is 7.08. The Kier molecular flexibility index (Phi) is 47.4. The third kappa shape index (κ3) is 47.3. The smallest absolute Gasteiger partial charge is 0.180 e. The van der Waals surface area contributed by atoms with Crippen LogP contribution in [0.2, 0.25) is 0 Å². The van der Waals surface area contributed by atoms with Crippen molar-refractivity contribution in [3.8, 4) is 0 Å². The average molecular weight is 1560 g/mol. The van der Waals surface area contributed by atoms with E-state index in [1.54, 1.807) is 57.8 Å². The van der Waals surface area contributed by atoms with E-state index in [1.807, 2.05) is 73.8 Å². The highest BCUT2D eigenvalue weighted by Crippen LogP contribution is 2.33. The van der Waals surface area contributed by atoms with Gasteiger partial charge in [-0.25, -0.2) is 14.6 Å². The van der Waals surface area contributed by atoms with Gasteiger partial charge >= 0.3 is 0 Å². The van der Waals surface area contributed by atoms with Crippen molar-refractivity contribution < 1.29 is 4.42 Å². The fourth-order valence-corrected chi connectivity index (χ4v) is 12.8. The van der Waals surface area contributed by atoms with E-state index in [1.165, 1.54) is 127 Å². The molecule has 4 fully saturated rings. The number of hydrogen-bond donors (Lipinski definition) is 3. The molecule has 12 heterocycles. The Hall–Kier alpha value is -5.38. The lowest BCUT2D eigenvalue weighted by molar-refractivity contribution is 0.0690. The number of thiazole rings is 1. The van der Waals surface area contributed by atoms with Crippen LogP contribution < -0.4 is 16.0 Å². The second-order valence-electron chi connectivity index (χ2n) is 39.3. The Morgan fingerprint density at radius 3 is 1.37 bits per heavy atom. The molecule has 110 heavy (non-hydrogen) atoms. The number of rotatable bonds is 3. The van der Waals surface area contributed by atoms with E-state index < -0.39 is 0 Å². The lowest BCUT2D eigenvalue weighted by Gasteiger charge is -2.42. The number of nitrogens with one attached hydrogen (secondary N) is 3. The van der Waals surface area contributed by atoms with Gasteiger partial charge in [0, 0.05) is 95.2 Å². The van der Waals surface area contributed by atoms with Crippen LogP contribution in [0, 0.1) is 16.7 Å². The summed E-state index contributed by atoms with van der Waals surface area (Å²) < 4.78 is 8.72. The SMILES string of the molecule is CC(C)(C)C1=CCNCC1.CC(C)(C)C1CCNCC1.CC(C)(C)N1CCC1.CC(C)(C)N1CCCC1.CC(C)(C)N1CCCNCC1.CC(C)(C)c1ccccn1.CC(C)(C)c1cccnc1.CC(C)(C)c1cnco1.CC(C)(C)n1cnnn1.CC(C)c1ccsc1.CC(C)c1cscn1.CC(C)n1cccn1. The van der Waals surface area contributed by atoms with Crippen molar-refractivity contribution in [2.45, 2.75) is 330 Å². The molecule has 4 saturated heterocycles. The molecule has 19 heteroatoms. The van der Waals surface area contributed by atoms with Gasteiger partial charge in [0.1, 0.15) is 12.1 Å². The number of likely N-dealkylation sites (tertiary alicyclic amines) is 2. The normalized spacial score (nSPS) is 16.1. The molecule has 626 valence electrons. The summed E-state index contributed by atoms with van der Waals surface area (Å²) >= 11 is 3.42. The van der Waals surface area contributed by atoms with Crippen LogP contribution >= 0.6 is 22.7 Å². The molecule has 0 spiro atoms.